The van der Waals surface area contributed by atoms with Crippen LogP contribution in [0.5, 0.6) is 0 Å². The van der Waals surface area contributed by atoms with Crippen LogP contribution in [0.25, 0.3) is 11.0 Å². The Labute approximate surface area is 130 Å². The molecule has 0 spiro atoms. The fraction of sp³-hybridized carbons (Fsp3) is 0.571. The zero-order chi connectivity index (χ0) is 16.3. The molecule has 2 aromatic heterocycles. The minimum atomic E-state index is -2.97. The summed E-state index contributed by atoms with van der Waals surface area (Å²) in [5, 5.41) is 0. The maximum absolute atomic E-state index is 11.3. The van der Waals surface area contributed by atoms with E-state index in [4.69, 9.17) is 10.5 Å². The van der Waals surface area contributed by atoms with E-state index < -0.39 is 9.84 Å². The Morgan fingerprint density at radius 2 is 2.14 bits per heavy atom. The van der Waals surface area contributed by atoms with Gasteiger partial charge in [-0.05, 0) is 18.9 Å². The summed E-state index contributed by atoms with van der Waals surface area (Å²) in [6, 6.07) is 0. The fourth-order valence-electron chi connectivity index (χ4n) is 2.48. The van der Waals surface area contributed by atoms with Crippen molar-refractivity contribution < 1.29 is 13.2 Å². The average Bonchev–Trinajstić information content (AvgIpc) is 2.79. The summed E-state index contributed by atoms with van der Waals surface area (Å²) in [6.07, 6.45) is 4.14. The van der Waals surface area contributed by atoms with Gasteiger partial charge in [0, 0.05) is 32.5 Å². The second-order valence-electron chi connectivity index (χ2n) is 5.43. The Morgan fingerprint density at radius 1 is 1.41 bits per heavy atom. The van der Waals surface area contributed by atoms with Gasteiger partial charge in [0.2, 0.25) is 0 Å². The van der Waals surface area contributed by atoms with E-state index in [-0.39, 0.29) is 5.75 Å². The molecule has 0 unspecified atom stereocenters. The molecule has 0 saturated heterocycles. The molecule has 122 valence electrons. The SMILES string of the molecule is COCCc1nc2c(N)ncc(C)c2n1CCCS(C)(=O)=O. The number of nitrogen functional groups attached to an aromatic ring is 1. The van der Waals surface area contributed by atoms with Crippen molar-refractivity contribution >= 4 is 26.7 Å². The zero-order valence-corrected chi connectivity index (χ0v) is 14.0. The molecule has 2 N–H and O–H groups in total. The van der Waals surface area contributed by atoms with Gasteiger partial charge in [-0.3, -0.25) is 0 Å². The Kier molecular flexibility index (Phi) is 5.02. The lowest BCUT2D eigenvalue weighted by Crippen LogP contribution is -2.11. The highest BCUT2D eigenvalue weighted by Crippen LogP contribution is 2.24. The number of nitrogens with zero attached hydrogens (tertiary/aromatic N) is 3. The molecule has 0 aromatic carbocycles. The summed E-state index contributed by atoms with van der Waals surface area (Å²) >= 11 is 0. The number of methoxy groups -OCH3 is 1. The molecule has 0 atom stereocenters. The van der Waals surface area contributed by atoms with Gasteiger partial charge in [0.05, 0.1) is 17.9 Å². The van der Waals surface area contributed by atoms with E-state index in [2.05, 4.69) is 9.97 Å². The summed E-state index contributed by atoms with van der Waals surface area (Å²) in [7, 11) is -1.34. The maximum atomic E-state index is 11.3. The van der Waals surface area contributed by atoms with E-state index in [1.54, 1.807) is 13.3 Å². The minimum absolute atomic E-state index is 0.149. The van der Waals surface area contributed by atoms with Crippen LogP contribution >= 0.6 is 0 Å². The predicted octanol–water partition coefficient (Wildman–Crippen LogP) is 0.946. The second kappa shape index (κ2) is 6.62. The first-order valence-corrected chi connectivity index (χ1v) is 9.16. The number of hydrogen-bond donors (Lipinski definition) is 1. The summed E-state index contributed by atoms with van der Waals surface area (Å²) in [5.41, 5.74) is 8.49. The summed E-state index contributed by atoms with van der Waals surface area (Å²) < 4.78 is 29.8. The van der Waals surface area contributed by atoms with Gasteiger partial charge in [0.15, 0.2) is 5.82 Å². The highest BCUT2D eigenvalue weighted by Gasteiger charge is 2.16. The van der Waals surface area contributed by atoms with Gasteiger partial charge in [0.25, 0.3) is 0 Å². The first kappa shape index (κ1) is 16.7. The highest BCUT2D eigenvalue weighted by atomic mass is 32.2. The number of fused-ring (bicyclic) bond motifs is 1. The van der Waals surface area contributed by atoms with Crippen LogP contribution in [0.1, 0.15) is 17.8 Å². The van der Waals surface area contributed by atoms with Gasteiger partial charge < -0.3 is 15.0 Å². The molecular weight excluding hydrogens is 304 g/mol. The Bertz CT molecular complexity index is 768. The number of anilines is 1. The molecular formula is C14H22N4O3S. The van der Waals surface area contributed by atoms with Crippen molar-refractivity contribution in [3.05, 3.63) is 17.6 Å². The molecule has 0 amide bonds. The number of nitrogens with two attached hydrogens (primary N) is 1. The third-order valence-electron chi connectivity index (χ3n) is 3.49. The predicted molar refractivity (Wildman–Crippen MR) is 86.6 cm³/mol. The number of hydrogen-bond acceptors (Lipinski definition) is 6. The summed E-state index contributed by atoms with van der Waals surface area (Å²) in [5.74, 6) is 1.38. The lowest BCUT2D eigenvalue weighted by atomic mass is 10.2. The van der Waals surface area contributed by atoms with Crippen LogP contribution in [-0.4, -0.2) is 48.7 Å². The standard InChI is InChI=1S/C14H22N4O3S/c1-10-9-16-14(15)12-13(10)18(6-4-8-22(3,19)20)11(17-12)5-7-21-2/h9H,4-8H2,1-3H3,(H2,15,16). The van der Waals surface area contributed by atoms with Crippen molar-refractivity contribution in [3.63, 3.8) is 0 Å². The van der Waals surface area contributed by atoms with Crippen LogP contribution in [0, 0.1) is 6.92 Å². The number of sulfone groups is 1. The number of pyridine rings is 1. The molecule has 22 heavy (non-hydrogen) atoms. The van der Waals surface area contributed by atoms with Crippen LogP contribution in [-0.2, 0) is 27.5 Å². The molecule has 8 heteroatoms. The van der Waals surface area contributed by atoms with Crippen LogP contribution < -0.4 is 5.73 Å². The number of aromatic nitrogens is 3. The van der Waals surface area contributed by atoms with Gasteiger partial charge in [-0.1, -0.05) is 0 Å². The first-order valence-electron chi connectivity index (χ1n) is 7.10. The first-order chi connectivity index (χ1) is 10.3. The summed E-state index contributed by atoms with van der Waals surface area (Å²) in [4.78, 5) is 8.71. The van der Waals surface area contributed by atoms with Crippen LogP contribution in [0.15, 0.2) is 6.20 Å². The van der Waals surface area contributed by atoms with Crippen molar-refractivity contribution in [2.45, 2.75) is 26.3 Å². The van der Waals surface area contributed by atoms with E-state index in [0.29, 0.717) is 37.3 Å². The van der Waals surface area contributed by atoms with E-state index in [0.717, 1.165) is 16.9 Å². The third kappa shape index (κ3) is 3.75. The maximum Gasteiger partial charge on any atom is 0.151 e. The van der Waals surface area contributed by atoms with Crippen molar-refractivity contribution in [3.8, 4) is 0 Å². The smallest absolute Gasteiger partial charge is 0.151 e. The van der Waals surface area contributed by atoms with Crippen LogP contribution in [0.3, 0.4) is 0 Å². The molecule has 7 nitrogen and oxygen atoms in total. The minimum Gasteiger partial charge on any atom is -0.384 e. The molecule has 2 heterocycles. The molecule has 0 saturated carbocycles. The number of aryl methyl sites for hydroxylation is 2. The molecule has 0 bridgehead atoms. The molecule has 0 aliphatic rings. The molecule has 0 fully saturated rings. The molecule has 0 aliphatic carbocycles. The van der Waals surface area contributed by atoms with Gasteiger partial charge in [0.1, 0.15) is 21.2 Å². The monoisotopic (exact) mass is 326 g/mol. The zero-order valence-electron chi connectivity index (χ0n) is 13.2. The molecule has 2 aromatic rings. The normalized spacial score (nSPS) is 12.1. The van der Waals surface area contributed by atoms with Crippen molar-refractivity contribution in [2.24, 2.45) is 0 Å². The Hall–Kier alpha value is -1.67. The van der Waals surface area contributed by atoms with Gasteiger partial charge in [-0.25, -0.2) is 18.4 Å². The Balaban J connectivity index is 2.41. The van der Waals surface area contributed by atoms with Crippen LogP contribution in [0.2, 0.25) is 0 Å². The topological polar surface area (TPSA) is 100 Å². The molecule has 2 rings (SSSR count). The van der Waals surface area contributed by atoms with E-state index in [1.165, 1.54) is 6.26 Å². The lowest BCUT2D eigenvalue weighted by Gasteiger charge is -2.10. The second-order valence-corrected chi connectivity index (χ2v) is 7.69. The van der Waals surface area contributed by atoms with Crippen molar-refractivity contribution in [2.75, 3.05) is 31.5 Å². The molecule has 0 radical (unpaired) electrons. The number of rotatable bonds is 7. The van der Waals surface area contributed by atoms with E-state index in [9.17, 15) is 8.42 Å². The van der Waals surface area contributed by atoms with Gasteiger partial charge in [-0.15, -0.1) is 0 Å². The number of imidazole rings is 1. The van der Waals surface area contributed by atoms with Crippen LogP contribution in [0.4, 0.5) is 5.82 Å². The largest absolute Gasteiger partial charge is 0.384 e. The highest BCUT2D eigenvalue weighted by molar-refractivity contribution is 7.90. The van der Waals surface area contributed by atoms with Crippen molar-refractivity contribution in [1.82, 2.24) is 14.5 Å². The molecule has 0 aliphatic heterocycles. The van der Waals surface area contributed by atoms with E-state index >= 15 is 0 Å². The van der Waals surface area contributed by atoms with E-state index in [1.807, 2.05) is 11.5 Å². The van der Waals surface area contributed by atoms with Crippen molar-refractivity contribution in [1.29, 1.82) is 0 Å². The average molecular weight is 326 g/mol. The lowest BCUT2D eigenvalue weighted by molar-refractivity contribution is 0.199. The summed E-state index contributed by atoms with van der Waals surface area (Å²) in [6.45, 7) is 3.07. The fourth-order valence-corrected chi connectivity index (χ4v) is 3.13. The van der Waals surface area contributed by atoms with Gasteiger partial charge >= 0.3 is 0 Å². The number of ether oxygens (including phenoxy) is 1. The van der Waals surface area contributed by atoms with Gasteiger partial charge in [-0.2, -0.15) is 0 Å². The third-order valence-corrected chi connectivity index (χ3v) is 4.52. The Morgan fingerprint density at radius 3 is 2.77 bits per heavy atom. The quantitative estimate of drug-likeness (QED) is 0.813.